The molecule has 0 spiro atoms. The van der Waals surface area contributed by atoms with Crippen LogP contribution in [-0.2, 0) is 11.3 Å². The number of pyridine rings is 1. The maximum Gasteiger partial charge on any atom is 0.252 e. The molecule has 0 aliphatic carbocycles. The Balaban J connectivity index is 2.08. The van der Waals surface area contributed by atoms with Crippen LogP contribution in [0.5, 0.6) is 11.5 Å². The lowest BCUT2D eigenvalue weighted by Crippen LogP contribution is -2.47. The van der Waals surface area contributed by atoms with Crippen molar-refractivity contribution in [1.82, 2.24) is 15.6 Å². The molecule has 28 heavy (non-hydrogen) atoms. The first-order chi connectivity index (χ1) is 13.4. The smallest absolute Gasteiger partial charge is 0.252 e. The van der Waals surface area contributed by atoms with Crippen LogP contribution in [0.2, 0.25) is 0 Å². The Kier molecular flexibility index (Phi) is 7.80. The molecular weight excluding hydrogens is 358 g/mol. The van der Waals surface area contributed by atoms with Crippen LogP contribution in [0.15, 0.2) is 42.7 Å². The predicted octanol–water partition coefficient (Wildman–Crippen LogP) is 2.56. The molecule has 0 unspecified atom stereocenters. The maximum absolute atomic E-state index is 12.7. The lowest BCUT2D eigenvalue weighted by Gasteiger charge is -2.20. The average Bonchev–Trinajstić information content (AvgIpc) is 2.71. The van der Waals surface area contributed by atoms with Crippen molar-refractivity contribution < 1.29 is 19.1 Å². The van der Waals surface area contributed by atoms with Crippen LogP contribution in [0.4, 0.5) is 0 Å². The van der Waals surface area contributed by atoms with Crippen LogP contribution < -0.4 is 20.1 Å². The molecule has 2 N–H and O–H groups in total. The van der Waals surface area contributed by atoms with Crippen LogP contribution in [0.3, 0.4) is 0 Å². The Labute approximate surface area is 165 Å². The lowest BCUT2D eigenvalue weighted by molar-refractivity contribution is -0.123. The summed E-state index contributed by atoms with van der Waals surface area (Å²) in [6.07, 6.45) is 3.90. The third-order valence-electron chi connectivity index (χ3n) is 4.16. The maximum atomic E-state index is 12.7. The van der Waals surface area contributed by atoms with E-state index in [1.54, 1.807) is 30.6 Å². The van der Waals surface area contributed by atoms with E-state index in [0.29, 0.717) is 30.0 Å². The molecule has 7 nitrogen and oxygen atoms in total. The lowest BCUT2D eigenvalue weighted by atomic mass is 10.0. The van der Waals surface area contributed by atoms with Crippen LogP contribution in [0, 0.1) is 5.92 Å². The number of amides is 2. The third kappa shape index (κ3) is 5.97. The van der Waals surface area contributed by atoms with Crippen LogP contribution in [0.1, 0.15) is 36.2 Å². The largest absolute Gasteiger partial charge is 0.493 e. The van der Waals surface area contributed by atoms with E-state index < -0.39 is 6.04 Å². The van der Waals surface area contributed by atoms with Gasteiger partial charge in [0.1, 0.15) is 6.04 Å². The van der Waals surface area contributed by atoms with Crippen molar-refractivity contribution in [2.75, 3.05) is 14.2 Å². The predicted molar refractivity (Wildman–Crippen MR) is 106 cm³/mol. The minimum Gasteiger partial charge on any atom is -0.493 e. The number of aromatic nitrogens is 1. The second-order valence-electron chi connectivity index (χ2n) is 6.80. The summed E-state index contributed by atoms with van der Waals surface area (Å²) in [5.41, 5.74) is 1.29. The third-order valence-corrected chi connectivity index (χ3v) is 4.16. The van der Waals surface area contributed by atoms with Gasteiger partial charge in [-0.3, -0.25) is 14.6 Å². The Bertz CT molecular complexity index is 793. The molecule has 0 saturated carbocycles. The molecule has 2 amide bonds. The quantitative estimate of drug-likeness (QED) is 0.692. The van der Waals surface area contributed by atoms with Gasteiger partial charge in [0.15, 0.2) is 11.5 Å². The highest BCUT2D eigenvalue weighted by Gasteiger charge is 2.23. The molecule has 0 bridgehead atoms. The molecule has 2 rings (SSSR count). The van der Waals surface area contributed by atoms with E-state index >= 15 is 0 Å². The van der Waals surface area contributed by atoms with E-state index in [0.717, 1.165) is 5.56 Å². The molecule has 1 heterocycles. The zero-order chi connectivity index (χ0) is 20.5. The van der Waals surface area contributed by atoms with E-state index in [2.05, 4.69) is 15.6 Å². The number of carbonyl (C=O) groups is 2. The molecule has 1 atom stereocenters. The molecule has 0 aliphatic rings. The number of rotatable bonds is 9. The minimum absolute atomic E-state index is 0.230. The van der Waals surface area contributed by atoms with Crippen LogP contribution in [-0.4, -0.2) is 37.1 Å². The zero-order valence-corrected chi connectivity index (χ0v) is 16.7. The van der Waals surface area contributed by atoms with E-state index in [1.807, 2.05) is 26.0 Å². The van der Waals surface area contributed by atoms with Gasteiger partial charge >= 0.3 is 0 Å². The minimum atomic E-state index is -0.641. The standard InChI is InChI=1S/C21H27N3O4/c1-14(2)10-17(21(26)23-13-15-6-5-9-22-12-15)24-20(25)16-7-8-18(27-3)19(11-16)28-4/h5-9,11-12,14,17H,10,13H2,1-4H3,(H,23,26)(H,24,25)/t17-/m1/s1. The van der Waals surface area contributed by atoms with Gasteiger partial charge in [-0.2, -0.15) is 0 Å². The van der Waals surface area contributed by atoms with Crippen molar-refractivity contribution >= 4 is 11.8 Å². The molecule has 150 valence electrons. The van der Waals surface area contributed by atoms with Gasteiger partial charge in [-0.05, 0) is 42.2 Å². The number of carbonyl (C=O) groups excluding carboxylic acids is 2. The van der Waals surface area contributed by atoms with Crippen molar-refractivity contribution in [3.63, 3.8) is 0 Å². The number of ether oxygens (including phenoxy) is 2. The first-order valence-corrected chi connectivity index (χ1v) is 9.14. The first kappa shape index (κ1) is 21.2. The Morgan fingerprint density at radius 3 is 2.46 bits per heavy atom. The van der Waals surface area contributed by atoms with Gasteiger partial charge in [0, 0.05) is 24.5 Å². The molecule has 1 aromatic carbocycles. The molecule has 0 fully saturated rings. The molecular formula is C21H27N3O4. The van der Waals surface area contributed by atoms with Gasteiger partial charge in [-0.25, -0.2) is 0 Å². The molecule has 0 aliphatic heterocycles. The summed E-state index contributed by atoms with van der Waals surface area (Å²) in [4.78, 5) is 29.4. The van der Waals surface area contributed by atoms with Crippen LogP contribution >= 0.6 is 0 Å². The average molecular weight is 385 g/mol. The Hall–Kier alpha value is -3.09. The summed E-state index contributed by atoms with van der Waals surface area (Å²) >= 11 is 0. The van der Waals surface area contributed by atoms with Gasteiger partial charge in [-0.15, -0.1) is 0 Å². The number of nitrogens with zero attached hydrogens (tertiary/aromatic N) is 1. The van der Waals surface area contributed by atoms with E-state index in [9.17, 15) is 9.59 Å². The summed E-state index contributed by atoms with van der Waals surface area (Å²) in [6, 6.07) is 7.94. The van der Waals surface area contributed by atoms with Crippen LogP contribution in [0.25, 0.3) is 0 Å². The Morgan fingerprint density at radius 1 is 1.11 bits per heavy atom. The fourth-order valence-corrected chi connectivity index (χ4v) is 2.74. The first-order valence-electron chi connectivity index (χ1n) is 9.14. The number of benzene rings is 1. The van der Waals surface area contributed by atoms with Crippen molar-refractivity contribution in [2.24, 2.45) is 5.92 Å². The number of hydrogen-bond donors (Lipinski definition) is 2. The molecule has 2 aromatic rings. The van der Waals surface area contributed by atoms with Crippen molar-refractivity contribution in [1.29, 1.82) is 0 Å². The molecule has 7 heteroatoms. The summed E-state index contributed by atoms with van der Waals surface area (Å²) < 4.78 is 10.4. The number of nitrogens with one attached hydrogen (secondary N) is 2. The topological polar surface area (TPSA) is 89.5 Å². The highest BCUT2D eigenvalue weighted by molar-refractivity contribution is 5.98. The van der Waals surface area contributed by atoms with Gasteiger partial charge in [0.2, 0.25) is 5.91 Å². The highest BCUT2D eigenvalue weighted by atomic mass is 16.5. The van der Waals surface area contributed by atoms with Gasteiger partial charge in [0.05, 0.1) is 14.2 Å². The summed E-state index contributed by atoms with van der Waals surface area (Å²) in [5, 5.41) is 5.69. The second-order valence-corrected chi connectivity index (χ2v) is 6.80. The summed E-state index contributed by atoms with van der Waals surface area (Å²) in [7, 11) is 3.04. The van der Waals surface area contributed by atoms with Crippen molar-refractivity contribution in [2.45, 2.75) is 32.9 Å². The molecule has 0 radical (unpaired) electrons. The van der Waals surface area contributed by atoms with Gasteiger partial charge < -0.3 is 20.1 Å². The monoisotopic (exact) mass is 385 g/mol. The van der Waals surface area contributed by atoms with E-state index in [-0.39, 0.29) is 17.7 Å². The summed E-state index contributed by atoms with van der Waals surface area (Å²) in [5.74, 6) is 0.651. The molecule has 0 saturated heterocycles. The van der Waals surface area contributed by atoms with E-state index in [1.165, 1.54) is 14.2 Å². The van der Waals surface area contributed by atoms with Gasteiger partial charge in [0.25, 0.3) is 5.91 Å². The van der Waals surface area contributed by atoms with Crippen molar-refractivity contribution in [3.05, 3.63) is 53.9 Å². The second kappa shape index (κ2) is 10.3. The summed E-state index contributed by atoms with van der Waals surface area (Å²) in [6.45, 7) is 4.36. The Morgan fingerprint density at radius 2 is 1.86 bits per heavy atom. The highest BCUT2D eigenvalue weighted by Crippen LogP contribution is 2.27. The molecule has 1 aromatic heterocycles. The van der Waals surface area contributed by atoms with Crippen molar-refractivity contribution in [3.8, 4) is 11.5 Å². The normalized spacial score (nSPS) is 11.6. The number of hydrogen-bond acceptors (Lipinski definition) is 5. The van der Waals surface area contributed by atoms with Gasteiger partial charge in [-0.1, -0.05) is 19.9 Å². The SMILES string of the molecule is COc1ccc(C(=O)N[C@H](CC(C)C)C(=O)NCc2cccnc2)cc1OC. The number of methoxy groups -OCH3 is 2. The fourth-order valence-electron chi connectivity index (χ4n) is 2.74. The fraction of sp³-hybridized carbons (Fsp3) is 0.381. The zero-order valence-electron chi connectivity index (χ0n) is 16.7. The van der Waals surface area contributed by atoms with E-state index in [4.69, 9.17) is 9.47 Å².